The van der Waals surface area contributed by atoms with E-state index < -0.39 is 10.0 Å². The molecular formula is C14H20N2O3S. The molecule has 0 spiro atoms. The monoisotopic (exact) mass is 296 g/mol. The van der Waals surface area contributed by atoms with Crippen LogP contribution in [0.4, 0.5) is 0 Å². The Morgan fingerprint density at radius 3 is 2.40 bits per heavy atom. The molecule has 1 aliphatic carbocycles. The highest BCUT2D eigenvalue weighted by atomic mass is 32.2. The molecule has 20 heavy (non-hydrogen) atoms. The number of sulfonamides is 1. The van der Waals surface area contributed by atoms with E-state index in [9.17, 15) is 13.2 Å². The van der Waals surface area contributed by atoms with Crippen molar-refractivity contribution < 1.29 is 13.2 Å². The van der Waals surface area contributed by atoms with Crippen molar-refractivity contribution in [2.24, 2.45) is 11.1 Å². The first-order chi connectivity index (χ1) is 9.11. The lowest BCUT2D eigenvalue weighted by Gasteiger charge is -2.26. The van der Waals surface area contributed by atoms with E-state index in [-0.39, 0.29) is 16.3 Å². The number of hydrogen-bond donors (Lipinski definition) is 2. The van der Waals surface area contributed by atoms with Crippen LogP contribution in [-0.4, -0.2) is 19.9 Å². The number of nitrogens with one attached hydrogen (secondary N) is 1. The molecule has 0 unspecified atom stereocenters. The zero-order chi connectivity index (χ0) is 15.1. The quantitative estimate of drug-likeness (QED) is 0.883. The fraction of sp³-hybridized carbons (Fsp3) is 0.500. The third-order valence-electron chi connectivity index (χ3n) is 3.80. The van der Waals surface area contributed by atoms with Crippen LogP contribution in [0.1, 0.15) is 42.6 Å². The van der Waals surface area contributed by atoms with Crippen molar-refractivity contribution in [3.05, 3.63) is 29.3 Å². The zero-order valence-corrected chi connectivity index (χ0v) is 12.8. The number of hydrogen-bond acceptors (Lipinski definition) is 3. The van der Waals surface area contributed by atoms with Gasteiger partial charge in [-0.1, -0.05) is 0 Å². The van der Waals surface area contributed by atoms with Crippen LogP contribution in [0.25, 0.3) is 0 Å². The van der Waals surface area contributed by atoms with E-state index in [0.717, 1.165) is 12.8 Å². The third-order valence-corrected chi connectivity index (χ3v) is 4.72. The average molecular weight is 296 g/mol. The molecule has 1 saturated carbocycles. The van der Waals surface area contributed by atoms with Gasteiger partial charge in [-0.05, 0) is 63.3 Å². The second-order valence-corrected chi connectivity index (χ2v) is 7.53. The normalized spacial score (nSPS) is 16.0. The molecule has 1 amide bonds. The highest BCUT2D eigenvalue weighted by molar-refractivity contribution is 7.89. The van der Waals surface area contributed by atoms with Crippen molar-refractivity contribution in [2.75, 3.05) is 0 Å². The Morgan fingerprint density at radius 2 is 1.95 bits per heavy atom. The number of aryl methyl sites for hydroxylation is 1. The maximum Gasteiger partial charge on any atom is 0.251 e. The third kappa shape index (κ3) is 3.19. The van der Waals surface area contributed by atoms with Crippen molar-refractivity contribution in [2.45, 2.75) is 44.0 Å². The van der Waals surface area contributed by atoms with Gasteiger partial charge in [0, 0.05) is 11.1 Å². The van der Waals surface area contributed by atoms with Crippen LogP contribution in [0, 0.1) is 12.8 Å². The van der Waals surface area contributed by atoms with E-state index in [1.54, 1.807) is 6.92 Å². The maximum atomic E-state index is 12.3. The van der Waals surface area contributed by atoms with Gasteiger partial charge in [0.2, 0.25) is 10.0 Å². The van der Waals surface area contributed by atoms with Gasteiger partial charge in [0.15, 0.2) is 0 Å². The second kappa shape index (κ2) is 4.86. The van der Waals surface area contributed by atoms with Crippen LogP contribution in [-0.2, 0) is 10.0 Å². The summed E-state index contributed by atoms with van der Waals surface area (Å²) in [6, 6.07) is 4.29. The van der Waals surface area contributed by atoms with Crippen molar-refractivity contribution in [3.63, 3.8) is 0 Å². The molecule has 110 valence electrons. The summed E-state index contributed by atoms with van der Waals surface area (Å²) in [5.74, 6) is 0.343. The Labute approximate surface area is 119 Å². The van der Waals surface area contributed by atoms with Gasteiger partial charge in [-0.2, -0.15) is 0 Å². The fourth-order valence-corrected chi connectivity index (χ4v) is 2.93. The van der Waals surface area contributed by atoms with Crippen molar-refractivity contribution in [1.82, 2.24) is 5.32 Å². The molecule has 1 fully saturated rings. The van der Waals surface area contributed by atoms with E-state index in [1.165, 1.54) is 18.2 Å². The van der Waals surface area contributed by atoms with Crippen LogP contribution in [0.3, 0.4) is 0 Å². The number of carbonyl (C=O) groups excluding carboxylic acids is 1. The molecule has 0 aromatic heterocycles. The molecule has 0 atom stereocenters. The van der Waals surface area contributed by atoms with Crippen molar-refractivity contribution >= 4 is 15.9 Å². The number of carbonyl (C=O) groups is 1. The minimum atomic E-state index is -3.74. The molecule has 1 aromatic rings. The van der Waals surface area contributed by atoms with E-state index >= 15 is 0 Å². The Bertz CT molecular complexity index is 646. The van der Waals surface area contributed by atoms with Gasteiger partial charge in [0.05, 0.1) is 4.90 Å². The summed E-state index contributed by atoms with van der Waals surface area (Å²) in [4.78, 5) is 12.3. The van der Waals surface area contributed by atoms with Gasteiger partial charge < -0.3 is 5.32 Å². The van der Waals surface area contributed by atoms with Gasteiger partial charge >= 0.3 is 0 Å². The first kappa shape index (κ1) is 15.0. The number of amides is 1. The van der Waals surface area contributed by atoms with E-state index in [2.05, 4.69) is 5.32 Å². The molecule has 1 aromatic carbocycles. The van der Waals surface area contributed by atoms with Gasteiger partial charge in [-0.25, -0.2) is 13.6 Å². The molecule has 0 heterocycles. The number of rotatable bonds is 4. The highest BCUT2D eigenvalue weighted by Crippen LogP contribution is 2.39. The first-order valence-corrected chi connectivity index (χ1v) is 8.12. The molecule has 1 aliphatic rings. The van der Waals surface area contributed by atoms with Crippen LogP contribution < -0.4 is 10.5 Å². The average Bonchev–Trinajstić information content (AvgIpc) is 3.10. The molecule has 0 aliphatic heterocycles. The lowest BCUT2D eigenvalue weighted by Crippen LogP contribution is -2.45. The van der Waals surface area contributed by atoms with Crippen LogP contribution >= 0.6 is 0 Å². The Hall–Kier alpha value is -1.40. The van der Waals surface area contributed by atoms with Crippen LogP contribution in [0.5, 0.6) is 0 Å². The highest BCUT2D eigenvalue weighted by Gasteiger charge is 2.38. The first-order valence-electron chi connectivity index (χ1n) is 6.57. The van der Waals surface area contributed by atoms with E-state index in [1.807, 2.05) is 13.8 Å². The lowest BCUT2D eigenvalue weighted by molar-refractivity contribution is 0.0902. The predicted octanol–water partition coefficient (Wildman–Crippen LogP) is 1.56. The molecule has 0 saturated heterocycles. The topological polar surface area (TPSA) is 89.3 Å². The molecule has 2 rings (SSSR count). The summed E-state index contributed by atoms with van der Waals surface area (Å²) < 4.78 is 22.5. The minimum Gasteiger partial charge on any atom is -0.347 e. The van der Waals surface area contributed by atoms with Crippen molar-refractivity contribution in [3.8, 4) is 0 Å². The Balaban J connectivity index is 2.23. The SMILES string of the molecule is Cc1cc(S(N)(=O)=O)ccc1C(=O)NC(C)(C)C1CC1. The summed E-state index contributed by atoms with van der Waals surface area (Å²) >= 11 is 0. The summed E-state index contributed by atoms with van der Waals surface area (Å²) in [6.45, 7) is 5.72. The maximum absolute atomic E-state index is 12.3. The van der Waals surface area contributed by atoms with Crippen LogP contribution in [0.2, 0.25) is 0 Å². The Kier molecular flexibility index (Phi) is 3.64. The molecule has 5 nitrogen and oxygen atoms in total. The van der Waals surface area contributed by atoms with E-state index in [0.29, 0.717) is 17.0 Å². The largest absolute Gasteiger partial charge is 0.347 e. The zero-order valence-electron chi connectivity index (χ0n) is 11.9. The lowest BCUT2D eigenvalue weighted by atomic mass is 9.97. The number of nitrogens with two attached hydrogens (primary N) is 1. The van der Waals surface area contributed by atoms with Gasteiger partial charge in [0.1, 0.15) is 0 Å². The standard InChI is InChI=1S/C14H20N2O3S/c1-9-8-11(20(15,18)19)6-7-12(9)13(17)16-14(2,3)10-4-5-10/h6-8,10H,4-5H2,1-3H3,(H,16,17)(H2,15,18,19). The smallest absolute Gasteiger partial charge is 0.251 e. The van der Waals surface area contributed by atoms with Crippen LogP contribution in [0.15, 0.2) is 23.1 Å². The molecule has 6 heteroatoms. The summed E-state index contributed by atoms with van der Waals surface area (Å²) in [7, 11) is -3.74. The van der Waals surface area contributed by atoms with Gasteiger partial charge in [0.25, 0.3) is 5.91 Å². The summed E-state index contributed by atoms with van der Waals surface area (Å²) in [5.41, 5.74) is 0.842. The van der Waals surface area contributed by atoms with Gasteiger partial charge in [-0.3, -0.25) is 4.79 Å². The number of benzene rings is 1. The van der Waals surface area contributed by atoms with E-state index in [4.69, 9.17) is 5.14 Å². The predicted molar refractivity (Wildman–Crippen MR) is 76.8 cm³/mol. The molecule has 0 radical (unpaired) electrons. The fourth-order valence-electron chi connectivity index (χ4n) is 2.33. The minimum absolute atomic E-state index is 0.0213. The summed E-state index contributed by atoms with van der Waals surface area (Å²) in [6.07, 6.45) is 2.27. The summed E-state index contributed by atoms with van der Waals surface area (Å²) in [5, 5.41) is 8.09. The molecule has 0 bridgehead atoms. The Morgan fingerprint density at radius 1 is 1.35 bits per heavy atom. The second-order valence-electron chi connectivity index (χ2n) is 5.97. The van der Waals surface area contributed by atoms with Gasteiger partial charge in [-0.15, -0.1) is 0 Å². The molecular weight excluding hydrogens is 276 g/mol. The molecule has 3 N–H and O–H groups in total. The number of primary sulfonamides is 1. The van der Waals surface area contributed by atoms with Crippen molar-refractivity contribution in [1.29, 1.82) is 0 Å².